The molecule has 3 heterocycles. The SMILES string of the molecule is COC(=O)C1=C(C)Cc2c(OC(=O)N(C)CCN(C)C(=O)OCc3ccc(NC(=O)C(CCCNC(N)=O)NC(=O)[C@@H](NCCNC(=O)CCCN4C(=O)C=CC4=O)C(C)C)cc3)cc3c(c21)[C@H](CCl)CN3C(=O)c1cc2cc(OCCN(C)C)ccc2o1. The number of carbonyl (C=O) groups excluding carboxylic acids is 10. The second-order valence-electron chi connectivity index (χ2n) is 22.5. The second kappa shape index (κ2) is 31.3. The average molecular weight is 1250 g/mol. The monoisotopic (exact) mass is 1250 g/mol. The highest BCUT2D eigenvalue weighted by Gasteiger charge is 2.42. The van der Waals surface area contributed by atoms with Crippen molar-refractivity contribution < 1.29 is 71.3 Å². The number of likely N-dealkylation sites (N-methyl/N-ethyl adjacent to an activating group) is 3. The van der Waals surface area contributed by atoms with Crippen LogP contribution in [0.25, 0.3) is 16.5 Å². The lowest BCUT2D eigenvalue weighted by atomic mass is 9.91. The third-order valence-electron chi connectivity index (χ3n) is 15.2. The molecule has 89 heavy (non-hydrogen) atoms. The maximum atomic E-state index is 14.5. The Morgan fingerprint density at radius 1 is 0.843 bits per heavy atom. The van der Waals surface area contributed by atoms with Gasteiger partial charge < -0.3 is 75.3 Å². The van der Waals surface area contributed by atoms with Crippen LogP contribution in [0.1, 0.15) is 85.2 Å². The van der Waals surface area contributed by atoms with Crippen molar-refractivity contribution in [2.45, 2.75) is 77.5 Å². The van der Waals surface area contributed by atoms with Gasteiger partial charge in [-0.3, -0.25) is 33.7 Å². The van der Waals surface area contributed by atoms with Crippen molar-refractivity contribution in [2.24, 2.45) is 11.7 Å². The molecule has 1 aromatic heterocycles. The lowest BCUT2D eigenvalue weighted by Gasteiger charge is -2.25. The number of nitrogens with two attached hydrogens (primary N) is 1. The highest BCUT2D eigenvalue weighted by Crippen LogP contribution is 2.51. The third kappa shape index (κ3) is 17.6. The molecule has 7 rings (SSSR count). The minimum atomic E-state index is -1.04. The van der Waals surface area contributed by atoms with E-state index in [2.05, 4.69) is 26.6 Å². The summed E-state index contributed by atoms with van der Waals surface area (Å²) in [6, 6.07) is 12.5. The topological polar surface area (TPSA) is 323 Å². The van der Waals surface area contributed by atoms with Crippen LogP contribution in [0.2, 0.25) is 0 Å². The molecule has 3 atom stereocenters. The van der Waals surface area contributed by atoms with Crippen LogP contribution in [0.15, 0.2) is 76.7 Å². The van der Waals surface area contributed by atoms with E-state index in [0.29, 0.717) is 81.1 Å². The van der Waals surface area contributed by atoms with E-state index in [1.807, 2.05) is 32.8 Å². The van der Waals surface area contributed by atoms with Gasteiger partial charge in [0.15, 0.2) is 5.76 Å². The van der Waals surface area contributed by atoms with E-state index < -0.39 is 71.7 Å². The maximum absolute atomic E-state index is 14.5. The molecule has 0 fully saturated rings. The van der Waals surface area contributed by atoms with Gasteiger partial charge in [-0.05, 0) is 100 Å². The smallest absolute Gasteiger partial charge is 0.415 e. The average Bonchev–Trinajstić information content (AvgIpc) is 1.59. The summed E-state index contributed by atoms with van der Waals surface area (Å²) in [7, 11) is 8.18. The lowest BCUT2D eigenvalue weighted by Crippen LogP contribution is -2.54. The Kier molecular flexibility index (Phi) is 23.7. The van der Waals surface area contributed by atoms with Crippen molar-refractivity contribution in [1.82, 2.24) is 40.9 Å². The number of fused-ring (bicyclic) bond motifs is 4. The molecule has 26 nitrogen and oxygen atoms in total. The van der Waals surface area contributed by atoms with E-state index in [1.54, 1.807) is 61.5 Å². The number of nitrogens with zero attached hydrogens (tertiary/aromatic N) is 5. The van der Waals surface area contributed by atoms with Crippen LogP contribution >= 0.6 is 11.6 Å². The van der Waals surface area contributed by atoms with Crippen LogP contribution in [-0.2, 0) is 51.3 Å². The predicted molar refractivity (Wildman–Crippen MR) is 330 cm³/mol. The van der Waals surface area contributed by atoms with Crippen molar-refractivity contribution in [2.75, 3.05) is 110 Å². The number of imide groups is 1. The van der Waals surface area contributed by atoms with Gasteiger partial charge in [0.2, 0.25) is 17.7 Å². The molecule has 0 spiro atoms. The molecule has 0 bridgehead atoms. The Balaban J connectivity index is 0.919. The van der Waals surface area contributed by atoms with Crippen LogP contribution in [0, 0.1) is 5.92 Å². The number of rotatable bonds is 30. The van der Waals surface area contributed by atoms with Gasteiger partial charge in [0.25, 0.3) is 17.7 Å². The summed E-state index contributed by atoms with van der Waals surface area (Å²) in [4.78, 5) is 137. The fourth-order valence-electron chi connectivity index (χ4n) is 10.3. The first-order valence-electron chi connectivity index (χ1n) is 29.2. The molecule has 3 aromatic carbocycles. The minimum absolute atomic E-state index is 0.0114. The van der Waals surface area contributed by atoms with Gasteiger partial charge in [0.1, 0.15) is 36.3 Å². The van der Waals surface area contributed by atoms with Gasteiger partial charge in [-0.1, -0.05) is 31.6 Å². The van der Waals surface area contributed by atoms with Crippen LogP contribution in [0.3, 0.4) is 0 Å². The molecular formula is C62H78ClN11O15. The fourth-order valence-corrected chi connectivity index (χ4v) is 10.6. The van der Waals surface area contributed by atoms with Crippen LogP contribution in [-0.4, -0.2) is 191 Å². The first kappa shape index (κ1) is 67.5. The predicted octanol–water partition coefficient (Wildman–Crippen LogP) is 4.87. The third-order valence-corrected chi connectivity index (χ3v) is 15.6. The number of nitrogens with one attached hydrogen (secondary N) is 5. The number of carbonyl (C=O) groups is 10. The molecule has 1 unspecified atom stereocenters. The van der Waals surface area contributed by atoms with Gasteiger partial charge in [-0.15, -0.1) is 11.6 Å². The molecule has 4 aromatic rings. The number of alkyl halides is 1. The molecule has 2 aliphatic heterocycles. The molecule has 0 saturated carbocycles. The number of methoxy groups -OCH3 is 1. The molecule has 27 heteroatoms. The van der Waals surface area contributed by atoms with E-state index in [1.165, 1.54) is 48.1 Å². The number of esters is 1. The largest absolute Gasteiger partial charge is 0.492 e. The molecule has 1 aliphatic carbocycles. The van der Waals surface area contributed by atoms with Gasteiger partial charge >= 0.3 is 24.2 Å². The van der Waals surface area contributed by atoms with Crippen LogP contribution in [0.5, 0.6) is 11.5 Å². The van der Waals surface area contributed by atoms with E-state index in [4.69, 9.17) is 40.7 Å². The summed E-state index contributed by atoms with van der Waals surface area (Å²) in [5, 5.41) is 14.6. The van der Waals surface area contributed by atoms with E-state index in [9.17, 15) is 47.9 Å². The number of amides is 10. The van der Waals surface area contributed by atoms with E-state index in [0.717, 1.165) is 4.90 Å². The summed E-state index contributed by atoms with van der Waals surface area (Å²) >= 11 is 6.61. The van der Waals surface area contributed by atoms with Crippen LogP contribution < -0.4 is 46.7 Å². The number of halogens is 1. The normalized spacial score (nSPS) is 14.8. The Labute approximate surface area is 520 Å². The number of urea groups is 1. The Bertz CT molecular complexity index is 3360. The lowest BCUT2D eigenvalue weighted by molar-refractivity contribution is -0.137. The fraction of sp³-hybridized carbons (Fsp3) is 0.452. The minimum Gasteiger partial charge on any atom is -0.492 e. The Morgan fingerprint density at radius 3 is 2.21 bits per heavy atom. The van der Waals surface area contributed by atoms with Gasteiger partial charge in [-0.2, -0.15) is 0 Å². The summed E-state index contributed by atoms with van der Waals surface area (Å²) in [6.07, 6.45) is 1.94. The molecule has 7 N–H and O–H groups in total. The summed E-state index contributed by atoms with van der Waals surface area (Å²) in [6.45, 7) is 7.31. The van der Waals surface area contributed by atoms with Gasteiger partial charge in [-0.25, -0.2) is 19.2 Å². The molecule has 0 radical (unpaired) electrons. The number of hydrogen-bond donors (Lipinski definition) is 6. The number of ether oxygens (including phenoxy) is 4. The number of furan rings is 1. The number of allylic oxidation sites excluding steroid dienone is 1. The van der Waals surface area contributed by atoms with Crippen molar-refractivity contribution >= 4 is 99.1 Å². The summed E-state index contributed by atoms with van der Waals surface area (Å²) < 4.78 is 28.9. The Hall–Kier alpha value is -9.01. The first-order chi connectivity index (χ1) is 42.5. The zero-order chi connectivity index (χ0) is 64.6. The van der Waals surface area contributed by atoms with Crippen molar-refractivity contribution in [3.63, 3.8) is 0 Å². The summed E-state index contributed by atoms with van der Waals surface area (Å²) in [5.74, 6) is -2.95. The number of primary amides is 1. The van der Waals surface area contributed by atoms with Crippen molar-refractivity contribution in [1.29, 1.82) is 0 Å². The zero-order valence-electron chi connectivity index (χ0n) is 51.3. The standard InChI is InChI=1S/C62H78ClN11O15/c1-36(2)55(66-23-22-65-49(75)12-10-24-73-50(76)19-20-51(73)77)57(79)69-44(11-9-21-67-60(64)82)56(78)68-41-15-13-38(14-16-41)35-87-61(83)71(6)25-26-72(7)62(84)89-47-32-45-53(54-43(47)29-37(3)52(54)59(81)85-8)40(33-63)34-74(45)58(80)48-31-39-30-42(17-18-46(39)88-48)86-28-27-70(4)5/h13-20,30-32,36,40,44,55,66H,9-12,21-29,33-35H2,1-8H3,(H,65,75)(H,68,78)(H,69,79)(H3,64,67,82)/t40-,44?,55+/m1/s1. The molecule has 3 aliphatic rings. The van der Waals surface area contributed by atoms with E-state index >= 15 is 0 Å². The second-order valence-corrected chi connectivity index (χ2v) is 22.8. The van der Waals surface area contributed by atoms with Crippen molar-refractivity contribution in [3.8, 4) is 11.5 Å². The highest BCUT2D eigenvalue weighted by atomic mass is 35.5. The number of benzene rings is 3. The van der Waals surface area contributed by atoms with Crippen LogP contribution in [0.4, 0.5) is 25.8 Å². The van der Waals surface area contributed by atoms with Gasteiger partial charge in [0.05, 0.1) is 24.4 Å². The molecular weight excluding hydrogens is 1170 g/mol. The van der Waals surface area contributed by atoms with Crippen molar-refractivity contribution in [3.05, 3.63) is 100 Å². The highest BCUT2D eigenvalue weighted by molar-refractivity contribution is 6.22. The molecule has 478 valence electrons. The van der Waals surface area contributed by atoms with Gasteiger partial charge in [0, 0.05) is 125 Å². The Morgan fingerprint density at radius 2 is 1.55 bits per heavy atom. The summed E-state index contributed by atoms with van der Waals surface area (Å²) in [5.41, 5.74) is 9.72. The quantitative estimate of drug-likeness (QED) is 0.0176. The number of hydrogen-bond acceptors (Lipinski definition) is 17. The molecule has 0 saturated heterocycles. The molecule has 10 amide bonds. The maximum Gasteiger partial charge on any atom is 0.415 e. The first-order valence-corrected chi connectivity index (χ1v) is 29.8. The number of anilines is 2. The van der Waals surface area contributed by atoms with E-state index in [-0.39, 0.29) is 107 Å². The zero-order valence-corrected chi connectivity index (χ0v) is 52.0.